The average Bonchev–Trinajstić information content (AvgIpc) is 2.93. The fourth-order valence-corrected chi connectivity index (χ4v) is 2.05. The zero-order valence-electron chi connectivity index (χ0n) is 11.0. The molecule has 0 spiro atoms. The Morgan fingerprint density at radius 3 is 2.90 bits per heavy atom. The first-order chi connectivity index (χ1) is 9.78. The van der Waals surface area contributed by atoms with Crippen LogP contribution in [0.25, 0.3) is 0 Å². The van der Waals surface area contributed by atoms with E-state index in [1.165, 1.54) is 7.11 Å². The molecule has 1 aliphatic heterocycles. The molecule has 0 saturated heterocycles. The Labute approximate surface area is 116 Å². The quantitative estimate of drug-likeness (QED) is 0.930. The molecule has 2 aromatic rings. The number of rotatable bonds is 4. The standard InChI is InChI=1S/C15H14FNO3/c1-18-13-4-2-3-10(15(13)16)8-17-11-5-6-12-14(7-11)20-9-19-12/h2-7,17H,8-9H2,1H3. The molecular formula is C15H14FNO3. The van der Waals surface area contributed by atoms with Gasteiger partial charge in [-0.15, -0.1) is 0 Å². The van der Waals surface area contributed by atoms with E-state index in [0.717, 1.165) is 11.4 Å². The van der Waals surface area contributed by atoms with Gasteiger partial charge >= 0.3 is 0 Å². The van der Waals surface area contributed by atoms with Crippen molar-refractivity contribution in [3.05, 3.63) is 47.8 Å². The molecule has 0 unspecified atom stereocenters. The second-order valence-electron chi connectivity index (χ2n) is 4.35. The zero-order chi connectivity index (χ0) is 13.9. The number of benzene rings is 2. The van der Waals surface area contributed by atoms with Crippen molar-refractivity contribution in [3.63, 3.8) is 0 Å². The van der Waals surface area contributed by atoms with Crippen molar-refractivity contribution in [3.8, 4) is 17.2 Å². The number of nitrogens with one attached hydrogen (secondary N) is 1. The SMILES string of the molecule is COc1cccc(CNc2ccc3c(c2)OCO3)c1F. The normalized spacial score (nSPS) is 12.3. The molecule has 104 valence electrons. The first-order valence-corrected chi connectivity index (χ1v) is 6.23. The summed E-state index contributed by atoms with van der Waals surface area (Å²) in [5, 5.41) is 3.15. The molecule has 0 fully saturated rings. The van der Waals surface area contributed by atoms with Crippen LogP contribution in [0.1, 0.15) is 5.56 Å². The Kier molecular flexibility index (Phi) is 3.33. The van der Waals surface area contributed by atoms with Gasteiger partial charge in [-0.05, 0) is 18.2 Å². The molecule has 0 atom stereocenters. The van der Waals surface area contributed by atoms with Crippen LogP contribution in [0.15, 0.2) is 36.4 Å². The van der Waals surface area contributed by atoms with Crippen molar-refractivity contribution in [1.29, 1.82) is 0 Å². The molecule has 1 aliphatic rings. The highest BCUT2D eigenvalue weighted by Gasteiger charge is 2.13. The minimum absolute atomic E-state index is 0.239. The van der Waals surface area contributed by atoms with Gasteiger partial charge in [-0.3, -0.25) is 0 Å². The van der Waals surface area contributed by atoms with Crippen molar-refractivity contribution < 1.29 is 18.6 Å². The third-order valence-electron chi connectivity index (χ3n) is 3.12. The number of halogens is 1. The van der Waals surface area contributed by atoms with Gasteiger partial charge in [0.2, 0.25) is 6.79 Å². The van der Waals surface area contributed by atoms with Crippen molar-refractivity contribution in [1.82, 2.24) is 0 Å². The molecule has 0 aliphatic carbocycles. The molecule has 0 bridgehead atoms. The Morgan fingerprint density at radius 2 is 2.05 bits per heavy atom. The second kappa shape index (κ2) is 5.28. The number of ether oxygens (including phenoxy) is 3. The van der Waals surface area contributed by atoms with Crippen LogP contribution in [-0.2, 0) is 6.54 Å². The number of methoxy groups -OCH3 is 1. The Bertz CT molecular complexity index is 631. The van der Waals surface area contributed by atoms with E-state index in [-0.39, 0.29) is 18.4 Å². The van der Waals surface area contributed by atoms with Crippen LogP contribution >= 0.6 is 0 Å². The summed E-state index contributed by atoms with van der Waals surface area (Å²) in [5.41, 5.74) is 1.39. The van der Waals surface area contributed by atoms with Gasteiger partial charge in [-0.2, -0.15) is 0 Å². The van der Waals surface area contributed by atoms with Gasteiger partial charge in [0.15, 0.2) is 23.1 Å². The molecule has 0 radical (unpaired) electrons. The van der Waals surface area contributed by atoms with E-state index >= 15 is 0 Å². The van der Waals surface area contributed by atoms with Crippen LogP contribution in [0.2, 0.25) is 0 Å². The summed E-state index contributed by atoms with van der Waals surface area (Å²) in [6, 6.07) is 10.6. The third-order valence-corrected chi connectivity index (χ3v) is 3.12. The number of hydrogen-bond acceptors (Lipinski definition) is 4. The molecule has 0 amide bonds. The lowest BCUT2D eigenvalue weighted by molar-refractivity contribution is 0.174. The van der Waals surface area contributed by atoms with Gasteiger partial charge in [0, 0.05) is 23.9 Å². The topological polar surface area (TPSA) is 39.7 Å². The Hall–Kier alpha value is -2.43. The zero-order valence-corrected chi connectivity index (χ0v) is 11.0. The van der Waals surface area contributed by atoms with Gasteiger partial charge in [0.05, 0.1) is 7.11 Å². The maximum Gasteiger partial charge on any atom is 0.231 e. The van der Waals surface area contributed by atoms with Crippen LogP contribution in [0.5, 0.6) is 17.2 Å². The maximum absolute atomic E-state index is 14.0. The molecule has 5 heteroatoms. The number of hydrogen-bond donors (Lipinski definition) is 1. The van der Waals surface area contributed by atoms with E-state index in [1.54, 1.807) is 18.2 Å². The minimum Gasteiger partial charge on any atom is -0.494 e. The summed E-state index contributed by atoms with van der Waals surface area (Å²) >= 11 is 0. The molecule has 3 rings (SSSR count). The monoisotopic (exact) mass is 275 g/mol. The van der Waals surface area contributed by atoms with Gasteiger partial charge < -0.3 is 19.5 Å². The van der Waals surface area contributed by atoms with Gasteiger partial charge in [0.1, 0.15) is 0 Å². The maximum atomic E-state index is 14.0. The molecule has 1 N–H and O–H groups in total. The largest absolute Gasteiger partial charge is 0.494 e. The summed E-state index contributed by atoms with van der Waals surface area (Å²) in [4.78, 5) is 0. The summed E-state index contributed by atoms with van der Waals surface area (Å²) in [6.45, 7) is 0.603. The minimum atomic E-state index is -0.344. The van der Waals surface area contributed by atoms with E-state index in [9.17, 15) is 4.39 Å². The number of anilines is 1. The van der Waals surface area contributed by atoms with Crippen LogP contribution in [0, 0.1) is 5.82 Å². The van der Waals surface area contributed by atoms with E-state index in [4.69, 9.17) is 14.2 Å². The first kappa shape index (κ1) is 12.6. The smallest absolute Gasteiger partial charge is 0.231 e. The summed E-state index contributed by atoms with van der Waals surface area (Å²) in [6.07, 6.45) is 0. The van der Waals surface area contributed by atoms with E-state index < -0.39 is 0 Å². The number of fused-ring (bicyclic) bond motifs is 1. The van der Waals surface area contributed by atoms with E-state index in [1.807, 2.05) is 18.2 Å². The van der Waals surface area contributed by atoms with Crippen LogP contribution in [0.4, 0.5) is 10.1 Å². The lowest BCUT2D eigenvalue weighted by Gasteiger charge is -2.10. The summed E-state index contributed by atoms with van der Waals surface area (Å²) in [7, 11) is 1.45. The molecule has 1 heterocycles. The molecule has 2 aromatic carbocycles. The molecular weight excluding hydrogens is 261 g/mol. The lowest BCUT2D eigenvalue weighted by atomic mass is 10.2. The molecule has 4 nitrogen and oxygen atoms in total. The Morgan fingerprint density at radius 1 is 1.20 bits per heavy atom. The van der Waals surface area contributed by atoms with Gasteiger partial charge in [0.25, 0.3) is 0 Å². The highest BCUT2D eigenvalue weighted by atomic mass is 19.1. The van der Waals surface area contributed by atoms with Crippen molar-refractivity contribution in [2.75, 3.05) is 19.2 Å². The first-order valence-electron chi connectivity index (χ1n) is 6.23. The highest BCUT2D eigenvalue weighted by molar-refractivity contribution is 5.55. The fraction of sp³-hybridized carbons (Fsp3) is 0.200. The van der Waals surface area contributed by atoms with Crippen LogP contribution in [-0.4, -0.2) is 13.9 Å². The van der Waals surface area contributed by atoms with Gasteiger partial charge in [-0.1, -0.05) is 12.1 Å². The fourth-order valence-electron chi connectivity index (χ4n) is 2.05. The summed E-state index contributed by atoms with van der Waals surface area (Å²) < 4.78 is 29.5. The molecule has 0 saturated carbocycles. The predicted molar refractivity (Wildman–Crippen MR) is 72.8 cm³/mol. The van der Waals surface area contributed by atoms with Crippen LogP contribution in [0.3, 0.4) is 0 Å². The van der Waals surface area contributed by atoms with E-state index in [0.29, 0.717) is 17.9 Å². The van der Waals surface area contributed by atoms with Crippen LogP contribution < -0.4 is 19.5 Å². The molecule has 20 heavy (non-hydrogen) atoms. The third kappa shape index (κ3) is 2.34. The van der Waals surface area contributed by atoms with Crippen molar-refractivity contribution in [2.24, 2.45) is 0 Å². The van der Waals surface area contributed by atoms with Crippen molar-refractivity contribution in [2.45, 2.75) is 6.54 Å². The highest BCUT2D eigenvalue weighted by Crippen LogP contribution is 2.34. The summed E-state index contributed by atoms with van der Waals surface area (Å²) in [5.74, 6) is 1.32. The average molecular weight is 275 g/mol. The van der Waals surface area contributed by atoms with Gasteiger partial charge in [-0.25, -0.2) is 4.39 Å². The predicted octanol–water partition coefficient (Wildman–Crippen LogP) is 3.18. The lowest BCUT2D eigenvalue weighted by Crippen LogP contribution is -2.03. The van der Waals surface area contributed by atoms with Crippen molar-refractivity contribution >= 4 is 5.69 Å². The molecule has 0 aromatic heterocycles. The van der Waals surface area contributed by atoms with E-state index in [2.05, 4.69) is 5.32 Å². The Balaban J connectivity index is 1.73. The second-order valence-corrected chi connectivity index (χ2v) is 4.35.